The van der Waals surface area contributed by atoms with Gasteiger partial charge in [0.25, 0.3) is 5.91 Å². The smallest absolute Gasteiger partial charge is 0.261 e. The van der Waals surface area contributed by atoms with Crippen molar-refractivity contribution in [3.05, 3.63) is 29.8 Å². The molecule has 5 heteroatoms. The summed E-state index contributed by atoms with van der Waals surface area (Å²) in [5.41, 5.74) is 1.09. The van der Waals surface area contributed by atoms with Crippen LogP contribution in [0.15, 0.2) is 24.3 Å². The molecule has 1 unspecified atom stereocenters. The minimum absolute atomic E-state index is 0.0338. The van der Waals surface area contributed by atoms with Crippen molar-refractivity contribution in [2.24, 2.45) is 5.92 Å². The topological polar surface area (TPSA) is 58.6 Å². The van der Waals surface area contributed by atoms with Gasteiger partial charge in [0.2, 0.25) is 5.91 Å². The number of benzene rings is 1. The van der Waals surface area contributed by atoms with Crippen LogP contribution < -0.4 is 10.1 Å². The Balaban J connectivity index is 1.48. The number of nitrogens with zero attached hydrogens (tertiary/aromatic N) is 1. The lowest BCUT2D eigenvalue weighted by atomic mass is 10.0. The predicted octanol–water partition coefficient (Wildman–Crippen LogP) is 1.75. The van der Waals surface area contributed by atoms with Gasteiger partial charge in [-0.1, -0.05) is 32.0 Å². The standard InChI is InChI=1S/C18H24N2O3/c1-12(2)18(22)20-9-7-14(8-10-20)19-17(21)16-11-13-5-3-4-6-15(13)23-16/h3-6,12,14,16H,7-11H2,1-2H3,(H,19,21). The van der Waals surface area contributed by atoms with Gasteiger partial charge in [0.15, 0.2) is 6.10 Å². The molecule has 0 bridgehead atoms. The summed E-state index contributed by atoms with van der Waals surface area (Å²) in [5, 5.41) is 3.08. The second-order valence-electron chi connectivity index (χ2n) is 6.68. The number of rotatable bonds is 3. The largest absolute Gasteiger partial charge is 0.480 e. The molecule has 2 aliphatic heterocycles. The third kappa shape index (κ3) is 3.49. The Morgan fingerprint density at radius 2 is 1.91 bits per heavy atom. The van der Waals surface area contributed by atoms with E-state index in [0.29, 0.717) is 19.5 Å². The molecular formula is C18H24N2O3. The van der Waals surface area contributed by atoms with E-state index in [4.69, 9.17) is 4.74 Å². The first-order valence-corrected chi connectivity index (χ1v) is 8.38. The lowest BCUT2D eigenvalue weighted by molar-refractivity contribution is -0.135. The van der Waals surface area contributed by atoms with Gasteiger partial charge in [-0.05, 0) is 24.5 Å². The second kappa shape index (κ2) is 6.60. The Hall–Kier alpha value is -2.04. The molecule has 1 fully saturated rings. The fourth-order valence-electron chi connectivity index (χ4n) is 3.23. The van der Waals surface area contributed by atoms with Crippen molar-refractivity contribution in [1.82, 2.24) is 10.2 Å². The van der Waals surface area contributed by atoms with Crippen LogP contribution in [0, 0.1) is 5.92 Å². The summed E-state index contributed by atoms with van der Waals surface area (Å²) >= 11 is 0. The summed E-state index contributed by atoms with van der Waals surface area (Å²) < 4.78 is 5.72. The van der Waals surface area contributed by atoms with Crippen molar-refractivity contribution in [3.8, 4) is 5.75 Å². The number of carbonyl (C=O) groups is 2. The highest BCUT2D eigenvalue weighted by Gasteiger charge is 2.31. The maximum absolute atomic E-state index is 12.4. The second-order valence-corrected chi connectivity index (χ2v) is 6.68. The Labute approximate surface area is 137 Å². The number of amides is 2. The zero-order chi connectivity index (χ0) is 16.4. The van der Waals surface area contributed by atoms with Crippen molar-refractivity contribution in [2.75, 3.05) is 13.1 Å². The molecule has 3 rings (SSSR count). The Morgan fingerprint density at radius 3 is 2.57 bits per heavy atom. The number of nitrogens with one attached hydrogen (secondary N) is 1. The molecule has 2 amide bonds. The highest BCUT2D eigenvalue weighted by Crippen LogP contribution is 2.28. The molecule has 1 saturated heterocycles. The number of hydrogen-bond donors (Lipinski definition) is 1. The molecule has 1 aromatic rings. The van der Waals surface area contributed by atoms with Crippen LogP contribution in [0.2, 0.25) is 0 Å². The Bertz CT molecular complexity index is 567. The van der Waals surface area contributed by atoms with Crippen LogP contribution in [0.4, 0.5) is 0 Å². The normalized spacial score (nSPS) is 21.0. The van der Waals surface area contributed by atoms with E-state index in [9.17, 15) is 9.59 Å². The van der Waals surface area contributed by atoms with E-state index in [1.54, 1.807) is 0 Å². The summed E-state index contributed by atoms with van der Waals surface area (Å²) in [6.07, 6.45) is 1.82. The molecule has 0 saturated carbocycles. The fraction of sp³-hybridized carbons (Fsp3) is 0.556. The van der Waals surface area contributed by atoms with Crippen molar-refractivity contribution in [3.63, 3.8) is 0 Å². The third-order valence-corrected chi connectivity index (χ3v) is 4.59. The summed E-state index contributed by atoms with van der Waals surface area (Å²) in [7, 11) is 0. The van der Waals surface area contributed by atoms with Crippen LogP contribution in [0.25, 0.3) is 0 Å². The number of hydrogen-bond acceptors (Lipinski definition) is 3. The van der Waals surface area contributed by atoms with Crippen molar-refractivity contribution in [2.45, 2.75) is 45.3 Å². The highest BCUT2D eigenvalue weighted by molar-refractivity contribution is 5.83. The van der Waals surface area contributed by atoms with Gasteiger partial charge in [-0.3, -0.25) is 9.59 Å². The molecule has 1 N–H and O–H groups in total. The van der Waals surface area contributed by atoms with Crippen molar-refractivity contribution >= 4 is 11.8 Å². The van der Waals surface area contributed by atoms with Crippen molar-refractivity contribution in [1.29, 1.82) is 0 Å². The quantitative estimate of drug-likeness (QED) is 0.924. The molecule has 2 aliphatic rings. The molecule has 0 aromatic heterocycles. The van der Waals surface area contributed by atoms with E-state index in [2.05, 4.69) is 5.32 Å². The molecular weight excluding hydrogens is 292 g/mol. The first kappa shape index (κ1) is 15.8. The summed E-state index contributed by atoms with van der Waals surface area (Å²) in [6, 6.07) is 7.91. The molecule has 124 valence electrons. The van der Waals surface area contributed by atoms with Gasteiger partial charge in [-0.2, -0.15) is 0 Å². The lowest BCUT2D eigenvalue weighted by Crippen LogP contribution is -2.50. The zero-order valence-electron chi connectivity index (χ0n) is 13.7. The molecule has 0 spiro atoms. The maximum atomic E-state index is 12.4. The van der Waals surface area contributed by atoms with Gasteiger partial charge in [-0.15, -0.1) is 0 Å². The molecule has 5 nitrogen and oxygen atoms in total. The molecule has 23 heavy (non-hydrogen) atoms. The van der Waals surface area contributed by atoms with E-state index in [1.165, 1.54) is 0 Å². The molecule has 2 heterocycles. The van der Waals surface area contributed by atoms with Gasteiger partial charge in [0.05, 0.1) is 0 Å². The summed E-state index contributed by atoms with van der Waals surface area (Å²) in [6.45, 7) is 5.28. The third-order valence-electron chi connectivity index (χ3n) is 4.59. The van der Waals surface area contributed by atoms with Gasteiger partial charge < -0.3 is 15.0 Å². The Kier molecular flexibility index (Phi) is 4.55. The Morgan fingerprint density at radius 1 is 1.22 bits per heavy atom. The number of fused-ring (bicyclic) bond motifs is 1. The SMILES string of the molecule is CC(C)C(=O)N1CCC(NC(=O)C2Cc3ccccc3O2)CC1. The minimum atomic E-state index is -0.428. The maximum Gasteiger partial charge on any atom is 0.261 e. The number of ether oxygens (including phenoxy) is 1. The molecule has 0 aliphatic carbocycles. The first-order valence-electron chi connectivity index (χ1n) is 8.38. The lowest BCUT2D eigenvalue weighted by Gasteiger charge is -2.33. The van der Waals surface area contributed by atoms with Gasteiger partial charge in [0, 0.05) is 31.5 Å². The molecule has 1 atom stereocenters. The van der Waals surface area contributed by atoms with E-state index in [1.807, 2.05) is 43.0 Å². The molecule has 0 radical (unpaired) electrons. The predicted molar refractivity (Wildman–Crippen MR) is 87.1 cm³/mol. The average Bonchev–Trinajstić information content (AvgIpc) is 2.99. The fourth-order valence-corrected chi connectivity index (χ4v) is 3.23. The van der Waals surface area contributed by atoms with Crippen LogP contribution in [0.3, 0.4) is 0 Å². The van der Waals surface area contributed by atoms with Gasteiger partial charge in [0.1, 0.15) is 5.75 Å². The van der Waals surface area contributed by atoms with Gasteiger partial charge >= 0.3 is 0 Å². The highest BCUT2D eigenvalue weighted by atomic mass is 16.5. The van der Waals surface area contributed by atoms with Crippen LogP contribution in [-0.4, -0.2) is 41.9 Å². The average molecular weight is 316 g/mol. The van der Waals surface area contributed by atoms with E-state index in [-0.39, 0.29) is 23.8 Å². The molecule has 1 aromatic carbocycles. The van der Waals surface area contributed by atoms with Crippen LogP contribution >= 0.6 is 0 Å². The van der Waals surface area contributed by atoms with E-state index in [0.717, 1.165) is 24.2 Å². The monoisotopic (exact) mass is 316 g/mol. The van der Waals surface area contributed by atoms with E-state index < -0.39 is 6.10 Å². The van der Waals surface area contributed by atoms with Crippen LogP contribution in [-0.2, 0) is 16.0 Å². The first-order chi connectivity index (χ1) is 11.0. The van der Waals surface area contributed by atoms with Crippen LogP contribution in [0.1, 0.15) is 32.3 Å². The number of piperidine rings is 1. The summed E-state index contributed by atoms with van der Waals surface area (Å²) in [5.74, 6) is 0.996. The van der Waals surface area contributed by atoms with E-state index >= 15 is 0 Å². The number of likely N-dealkylation sites (tertiary alicyclic amines) is 1. The number of para-hydroxylation sites is 1. The zero-order valence-corrected chi connectivity index (χ0v) is 13.7. The minimum Gasteiger partial charge on any atom is -0.480 e. The summed E-state index contributed by atoms with van der Waals surface area (Å²) in [4.78, 5) is 26.3. The van der Waals surface area contributed by atoms with Crippen LogP contribution in [0.5, 0.6) is 5.75 Å². The number of carbonyl (C=O) groups excluding carboxylic acids is 2. The van der Waals surface area contributed by atoms with Crippen molar-refractivity contribution < 1.29 is 14.3 Å². The van der Waals surface area contributed by atoms with Gasteiger partial charge in [-0.25, -0.2) is 0 Å².